The number of hydrogen-bond donors (Lipinski definition) is 2. The SMILES string of the molecule is CCNC(=NCc1cccc(CN2CCOCC2)c1)NCCCCOCC. The summed E-state index contributed by atoms with van der Waals surface area (Å²) in [5.74, 6) is 0.882. The van der Waals surface area contributed by atoms with Crippen LogP contribution < -0.4 is 10.6 Å². The number of aliphatic imine (C=N–C) groups is 1. The van der Waals surface area contributed by atoms with Crippen molar-refractivity contribution in [2.75, 3.05) is 52.6 Å². The molecule has 27 heavy (non-hydrogen) atoms. The summed E-state index contributed by atoms with van der Waals surface area (Å²) in [4.78, 5) is 7.18. The molecule has 1 fully saturated rings. The van der Waals surface area contributed by atoms with Crippen molar-refractivity contribution in [1.82, 2.24) is 15.5 Å². The van der Waals surface area contributed by atoms with Crippen molar-refractivity contribution in [3.63, 3.8) is 0 Å². The summed E-state index contributed by atoms with van der Waals surface area (Å²) < 4.78 is 10.8. The Hall–Kier alpha value is -1.63. The highest BCUT2D eigenvalue weighted by Crippen LogP contribution is 2.11. The van der Waals surface area contributed by atoms with Gasteiger partial charge in [0, 0.05) is 45.9 Å². The lowest BCUT2D eigenvalue weighted by Crippen LogP contribution is -2.37. The van der Waals surface area contributed by atoms with E-state index in [2.05, 4.69) is 46.7 Å². The Morgan fingerprint density at radius 3 is 2.74 bits per heavy atom. The van der Waals surface area contributed by atoms with Crippen molar-refractivity contribution in [2.45, 2.75) is 39.8 Å². The Morgan fingerprint density at radius 2 is 1.96 bits per heavy atom. The van der Waals surface area contributed by atoms with Gasteiger partial charge in [0.15, 0.2) is 5.96 Å². The first kappa shape index (κ1) is 21.7. The second kappa shape index (κ2) is 13.5. The van der Waals surface area contributed by atoms with E-state index in [4.69, 9.17) is 14.5 Å². The third kappa shape index (κ3) is 9.22. The largest absolute Gasteiger partial charge is 0.382 e. The first-order valence-corrected chi connectivity index (χ1v) is 10.3. The van der Waals surface area contributed by atoms with Gasteiger partial charge in [-0.15, -0.1) is 0 Å². The summed E-state index contributed by atoms with van der Waals surface area (Å²) in [5, 5.41) is 6.73. The molecule has 1 aliphatic heterocycles. The molecule has 1 heterocycles. The topological polar surface area (TPSA) is 58.1 Å². The zero-order valence-corrected chi connectivity index (χ0v) is 17.0. The summed E-state index contributed by atoms with van der Waals surface area (Å²) in [7, 11) is 0. The van der Waals surface area contributed by atoms with E-state index >= 15 is 0 Å². The zero-order chi connectivity index (χ0) is 19.2. The minimum Gasteiger partial charge on any atom is -0.382 e. The van der Waals surface area contributed by atoms with Crippen LogP contribution in [0.4, 0.5) is 0 Å². The molecule has 0 saturated carbocycles. The monoisotopic (exact) mass is 376 g/mol. The zero-order valence-electron chi connectivity index (χ0n) is 17.0. The molecule has 2 N–H and O–H groups in total. The molecule has 0 aliphatic carbocycles. The van der Waals surface area contributed by atoms with Crippen LogP contribution in [-0.2, 0) is 22.6 Å². The second-order valence-electron chi connectivity index (χ2n) is 6.73. The van der Waals surface area contributed by atoms with Gasteiger partial charge >= 0.3 is 0 Å². The van der Waals surface area contributed by atoms with Crippen LogP contribution in [-0.4, -0.2) is 63.5 Å². The van der Waals surface area contributed by atoms with Crippen LogP contribution in [0.25, 0.3) is 0 Å². The molecule has 0 amide bonds. The molecule has 0 spiro atoms. The van der Waals surface area contributed by atoms with Gasteiger partial charge in [-0.05, 0) is 37.8 Å². The highest BCUT2D eigenvalue weighted by molar-refractivity contribution is 5.79. The molecule has 6 nitrogen and oxygen atoms in total. The maximum Gasteiger partial charge on any atom is 0.191 e. The molecular formula is C21H36N4O2. The molecular weight excluding hydrogens is 340 g/mol. The van der Waals surface area contributed by atoms with Crippen LogP contribution in [0.3, 0.4) is 0 Å². The van der Waals surface area contributed by atoms with Crippen molar-refractivity contribution in [3.05, 3.63) is 35.4 Å². The number of unbranched alkanes of at least 4 members (excludes halogenated alkanes) is 1. The van der Waals surface area contributed by atoms with Gasteiger partial charge < -0.3 is 20.1 Å². The molecule has 2 rings (SSSR count). The minimum atomic E-state index is 0.686. The highest BCUT2D eigenvalue weighted by atomic mass is 16.5. The lowest BCUT2D eigenvalue weighted by Gasteiger charge is -2.26. The molecule has 0 aromatic heterocycles. The number of nitrogens with zero attached hydrogens (tertiary/aromatic N) is 2. The third-order valence-electron chi connectivity index (χ3n) is 4.48. The van der Waals surface area contributed by atoms with E-state index in [1.54, 1.807) is 0 Å². The fourth-order valence-corrected chi connectivity index (χ4v) is 3.04. The Kier molecular flexibility index (Phi) is 10.9. The normalized spacial score (nSPS) is 15.7. The van der Waals surface area contributed by atoms with Gasteiger partial charge in [0.2, 0.25) is 0 Å². The maximum absolute atomic E-state index is 5.43. The maximum atomic E-state index is 5.43. The average molecular weight is 377 g/mol. The molecule has 1 aromatic carbocycles. The summed E-state index contributed by atoms with van der Waals surface area (Å²) in [6, 6.07) is 8.75. The van der Waals surface area contributed by atoms with E-state index < -0.39 is 0 Å². The van der Waals surface area contributed by atoms with E-state index in [0.717, 1.165) is 78.0 Å². The number of guanidine groups is 1. The summed E-state index contributed by atoms with van der Waals surface area (Å²) in [6.45, 7) is 12.9. The second-order valence-corrected chi connectivity index (χ2v) is 6.73. The molecule has 1 saturated heterocycles. The quantitative estimate of drug-likeness (QED) is 0.353. The van der Waals surface area contributed by atoms with E-state index in [1.807, 2.05) is 6.92 Å². The van der Waals surface area contributed by atoms with Crippen molar-refractivity contribution < 1.29 is 9.47 Å². The number of morpholine rings is 1. The van der Waals surface area contributed by atoms with E-state index in [9.17, 15) is 0 Å². The highest BCUT2D eigenvalue weighted by Gasteiger charge is 2.10. The lowest BCUT2D eigenvalue weighted by molar-refractivity contribution is 0.0342. The molecule has 6 heteroatoms. The van der Waals surface area contributed by atoms with Gasteiger partial charge in [-0.25, -0.2) is 4.99 Å². The number of hydrogen-bond acceptors (Lipinski definition) is 4. The first-order valence-electron chi connectivity index (χ1n) is 10.3. The van der Waals surface area contributed by atoms with Crippen LogP contribution in [0, 0.1) is 0 Å². The van der Waals surface area contributed by atoms with Crippen molar-refractivity contribution >= 4 is 5.96 Å². The van der Waals surface area contributed by atoms with Gasteiger partial charge in [0.05, 0.1) is 19.8 Å². The Morgan fingerprint density at radius 1 is 1.15 bits per heavy atom. The van der Waals surface area contributed by atoms with Gasteiger partial charge in [-0.2, -0.15) is 0 Å². The predicted octanol–water partition coefficient (Wildman–Crippen LogP) is 2.39. The van der Waals surface area contributed by atoms with Crippen LogP contribution in [0.15, 0.2) is 29.3 Å². The Balaban J connectivity index is 1.80. The number of nitrogens with one attached hydrogen (secondary N) is 2. The summed E-state index contributed by atoms with van der Waals surface area (Å²) in [5.41, 5.74) is 2.59. The van der Waals surface area contributed by atoms with Crippen molar-refractivity contribution in [2.24, 2.45) is 4.99 Å². The molecule has 0 bridgehead atoms. The number of rotatable bonds is 11. The fourth-order valence-electron chi connectivity index (χ4n) is 3.04. The number of ether oxygens (including phenoxy) is 2. The smallest absolute Gasteiger partial charge is 0.191 e. The van der Waals surface area contributed by atoms with Gasteiger partial charge in [0.25, 0.3) is 0 Å². The molecule has 0 atom stereocenters. The average Bonchev–Trinajstić information content (AvgIpc) is 2.70. The van der Waals surface area contributed by atoms with Crippen LogP contribution in [0.1, 0.15) is 37.8 Å². The fraction of sp³-hybridized carbons (Fsp3) is 0.667. The third-order valence-corrected chi connectivity index (χ3v) is 4.48. The standard InChI is InChI=1S/C21H36N4O2/c1-3-22-21(23-10-5-6-13-26-4-2)24-17-19-8-7-9-20(16-19)18-25-11-14-27-15-12-25/h7-9,16H,3-6,10-15,17-18H2,1-2H3,(H2,22,23,24). The molecule has 1 aromatic rings. The van der Waals surface area contributed by atoms with Gasteiger partial charge in [-0.3, -0.25) is 4.90 Å². The van der Waals surface area contributed by atoms with Gasteiger partial charge in [-0.1, -0.05) is 24.3 Å². The summed E-state index contributed by atoms with van der Waals surface area (Å²) >= 11 is 0. The van der Waals surface area contributed by atoms with Gasteiger partial charge in [0.1, 0.15) is 0 Å². The molecule has 0 unspecified atom stereocenters. The Labute approximate surface area is 164 Å². The lowest BCUT2D eigenvalue weighted by atomic mass is 10.1. The predicted molar refractivity (Wildman–Crippen MR) is 111 cm³/mol. The van der Waals surface area contributed by atoms with Crippen LogP contribution in [0.2, 0.25) is 0 Å². The Bertz CT molecular complexity index is 545. The van der Waals surface area contributed by atoms with E-state index in [0.29, 0.717) is 6.54 Å². The first-order chi connectivity index (χ1) is 13.3. The molecule has 1 aliphatic rings. The van der Waals surface area contributed by atoms with E-state index in [1.165, 1.54) is 11.1 Å². The number of benzene rings is 1. The summed E-state index contributed by atoms with van der Waals surface area (Å²) in [6.07, 6.45) is 2.16. The van der Waals surface area contributed by atoms with Crippen molar-refractivity contribution in [3.8, 4) is 0 Å². The minimum absolute atomic E-state index is 0.686. The molecule has 0 radical (unpaired) electrons. The van der Waals surface area contributed by atoms with E-state index in [-0.39, 0.29) is 0 Å². The van der Waals surface area contributed by atoms with Crippen LogP contribution >= 0.6 is 0 Å². The molecule has 152 valence electrons. The van der Waals surface area contributed by atoms with Crippen molar-refractivity contribution in [1.29, 1.82) is 0 Å². The van der Waals surface area contributed by atoms with Crippen LogP contribution in [0.5, 0.6) is 0 Å².